The van der Waals surface area contributed by atoms with Gasteiger partial charge in [0.15, 0.2) is 5.75 Å². The fourth-order valence-electron chi connectivity index (χ4n) is 4.77. The van der Waals surface area contributed by atoms with Crippen LogP contribution in [0.4, 0.5) is 32.8 Å². The van der Waals surface area contributed by atoms with E-state index in [1.54, 1.807) is 18.2 Å². The van der Waals surface area contributed by atoms with Crippen LogP contribution in [0.3, 0.4) is 0 Å². The quantitative estimate of drug-likeness (QED) is 0.184. The van der Waals surface area contributed by atoms with E-state index in [0.717, 1.165) is 47.4 Å². The first kappa shape index (κ1) is 27.0. The van der Waals surface area contributed by atoms with Gasteiger partial charge >= 0.3 is 6.18 Å². The third-order valence-electron chi connectivity index (χ3n) is 6.95. The van der Waals surface area contributed by atoms with Crippen LogP contribution in [0, 0.1) is 11.6 Å². The topological polar surface area (TPSA) is 64.9 Å². The lowest BCUT2D eigenvalue weighted by atomic mass is 10.1. The summed E-state index contributed by atoms with van der Waals surface area (Å²) in [4.78, 5) is 4.88. The molecule has 0 amide bonds. The summed E-state index contributed by atoms with van der Waals surface area (Å²) in [7, 11) is 0. The van der Waals surface area contributed by atoms with E-state index in [2.05, 4.69) is 20.1 Å². The number of alkyl halides is 3. The van der Waals surface area contributed by atoms with Gasteiger partial charge in [-0.25, -0.2) is 13.8 Å². The Morgan fingerprint density at radius 3 is 2.26 bits per heavy atom. The molecule has 43 heavy (non-hydrogen) atoms. The van der Waals surface area contributed by atoms with Gasteiger partial charge in [-0.15, -0.1) is 10.2 Å². The number of nitrogens with one attached hydrogen (secondary N) is 1. The molecule has 0 spiro atoms. The predicted molar refractivity (Wildman–Crippen MR) is 154 cm³/mol. The number of fused-ring (bicyclic) bond motifs is 1. The molecule has 6 aromatic rings. The largest absolute Gasteiger partial charge is 0.455 e. The minimum absolute atomic E-state index is 0.223. The average molecular weight is 606 g/mol. The minimum Gasteiger partial charge on any atom is -0.455 e. The van der Waals surface area contributed by atoms with Crippen molar-refractivity contribution in [2.45, 2.75) is 25.1 Å². The van der Waals surface area contributed by atoms with Crippen molar-refractivity contribution in [2.75, 3.05) is 5.32 Å². The van der Waals surface area contributed by atoms with Crippen molar-refractivity contribution in [3.63, 3.8) is 0 Å². The van der Waals surface area contributed by atoms with Crippen molar-refractivity contribution in [1.29, 1.82) is 0 Å². The minimum atomic E-state index is -4.49. The van der Waals surface area contributed by atoms with Crippen molar-refractivity contribution < 1.29 is 26.7 Å². The molecular weight excluding hydrogens is 585 g/mol. The Hall–Kier alpha value is -4.84. The number of nitrogens with zero attached hydrogens (tertiary/aromatic N) is 4. The summed E-state index contributed by atoms with van der Waals surface area (Å²) in [5, 5.41) is 12.0. The molecule has 0 radical (unpaired) electrons. The molecule has 1 saturated carbocycles. The Bertz CT molecular complexity index is 1950. The number of halogens is 5. The molecule has 6 nitrogen and oxygen atoms in total. The molecule has 0 saturated heterocycles. The Labute approximate surface area is 245 Å². The monoisotopic (exact) mass is 605 g/mol. The zero-order valence-electron chi connectivity index (χ0n) is 22.1. The van der Waals surface area contributed by atoms with E-state index in [-0.39, 0.29) is 17.4 Å². The van der Waals surface area contributed by atoms with Crippen LogP contribution in [0.2, 0.25) is 0 Å². The van der Waals surface area contributed by atoms with Gasteiger partial charge in [0.1, 0.15) is 28.2 Å². The third kappa shape index (κ3) is 5.53. The van der Waals surface area contributed by atoms with E-state index in [9.17, 15) is 22.0 Å². The summed E-state index contributed by atoms with van der Waals surface area (Å²) >= 11 is 1.08. The van der Waals surface area contributed by atoms with Crippen LogP contribution in [-0.2, 0) is 6.18 Å². The number of imidazole rings is 1. The zero-order chi connectivity index (χ0) is 29.7. The van der Waals surface area contributed by atoms with Gasteiger partial charge in [0.05, 0.1) is 22.3 Å². The maximum absolute atomic E-state index is 13.7. The maximum atomic E-state index is 13.7. The molecule has 2 aromatic heterocycles. The molecule has 0 unspecified atom stereocenters. The summed E-state index contributed by atoms with van der Waals surface area (Å²) in [6.45, 7) is 0. The Morgan fingerprint density at radius 2 is 1.56 bits per heavy atom. The third-order valence-corrected chi connectivity index (χ3v) is 7.84. The van der Waals surface area contributed by atoms with E-state index in [0.29, 0.717) is 38.7 Å². The van der Waals surface area contributed by atoms with Crippen molar-refractivity contribution in [3.05, 3.63) is 102 Å². The number of ether oxygens (including phenoxy) is 1. The molecule has 1 aliphatic carbocycles. The van der Waals surface area contributed by atoms with Crippen molar-refractivity contribution in [2.24, 2.45) is 0 Å². The predicted octanol–water partition coefficient (Wildman–Crippen LogP) is 9.39. The summed E-state index contributed by atoms with van der Waals surface area (Å²) in [6.07, 6.45) is -2.55. The van der Waals surface area contributed by atoms with Crippen LogP contribution in [-0.4, -0.2) is 19.7 Å². The Kier molecular flexibility index (Phi) is 6.57. The van der Waals surface area contributed by atoms with Crippen LogP contribution in [0.5, 0.6) is 11.5 Å². The summed E-state index contributed by atoms with van der Waals surface area (Å²) in [6, 6.07) is 20.4. The van der Waals surface area contributed by atoms with Crippen LogP contribution >= 0.6 is 11.3 Å². The molecule has 216 valence electrons. The van der Waals surface area contributed by atoms with Crippen LogP contribution in [0.25, 0.3) is 33.0 Å². The summed E-state index contributed by atoms with van der Waals surface area (Å²) in [5.74, 6) is 0.711. The number of benzene rings is 4. The number of rotatable bonds is 7. The second-order valence-electron chi connectivity index (χ2n) is 10.1. The first-order chi connectivity index (χ1) is 20.7. The molecular formula is C31H20F5N5OS. The first-order valence-corrected chi connectivity index (χ1v) is 14.1. The highest BCUT2D eigenvalue weighted by Crippen LogP contribution is 2.44. The Balaban J connectivity index is 1.30. The molecule has 0 aliphatic heterocycles. The van der Waals surface area contributed by atoms with Gasteiger partial charge in [-0.1, -0.05) is 23.5 Å². The van der Waals surface area contributed by atoms with Crippen molar-refractivity contribution in [3.8, 4) is 33.5 Å². The van der Waals surface area contributed by atoms with Crippen LogP contribution in [0.1, 0.15) is 24.4 Å². The number of anilines is 2. The highest BCUT2D eigenvalue weighted by atomic mass is 32.1. The van der Waals surface area contributed by atoms with Gasteiger partial charge in [-0.2, -0.15) is 13.2 Å². The standard InChI is InChI=1S/C31H20F5N5OS/c32-20-6-4-17(5-7-20)28-37-24-15-25(38-30-40-39-29(43-30)18-2-1-3-19(14-18)31(34,35)36)27(16-26(24)41(28)22-10-11-22)42-23-12-8-21(33)9-13-23/h1-9,12-16,22H,10-11H2,(H,38,40). The summed E-state index contributed by atoms with van der Waals surface area (Å²) in [5.41, 5.74) is 2.17. The molecule has 1 fully saturated rings. The normalized spacial score (nSPS) is 13.4. The van der Waals surface area contributed by atoms with E-state index < -0.39 is 17.6 Å². The van der Waals surface area contributed by atoms with E-state index >= 15 is 0 Å². The lowest BCUT2D eigenvalue weighted by molar-refractivity contribution is -0.137. The highest BCUT2D eigenvalue weighted by molar-refractivity contribution is 7.18. The van der Waals surface area contributed by atoms with E-state index in [4.69, 9.17) is 9.72 Å². The molecule has 1 aliphatic rings. The second kappa shape index (κ2) is 10.5. The smallest absolute Gasteiger partial charge is 0.416 e. The molecule has 4 aromatic carbocycles. The molecule has 2 heterocycles. The van der Waals surface area contributed by atoms with Crippen LogP contribution in [0.15, 0.2) is 84.9 Å². The number of aromatic nitrogens is 4. The van der Waals surface area contributed by atoms with Crippen molar-refractivity contribution >= 4 is 33.2 Å². The second-order valence-corrected chi connectivity index (χ2v) is 11.0. The molecule has 12 heteroatoms. The SMILES string of the molecule is Fc1ccc(Oc2cc3c(cc2Nc2nnc(-c4cccc(C(F)(F)F)c4)s2)nc(-c2ccc(F)cc2)n3C2CC2)cc1. The van der Waals surface area contributed by atoms with Gasteiger partial charge in [0.25, 0.3) is 0 Å². The molecule has 0 atom stereocenters. The molecule has 1 N–H and O–H groups in total. The van der Waals surface area contributed by atoms with Crippen LogP contribution < -0.4 is 10.1 Å². The van der Waals surface area contributed by atoms with Gasteiger partial charge in [0, 0.05) is 23.2 Å². The number of hydrogen-bond acceptors (Lipinski definition) is 6. The number of hydrogen-bond donors (Lipinski definition) is 1. The zero-order valence-corrected chi connectivity index (χ0v) is 22.9. The van der Waals surface area contributed by atoms with Gasteiger partial charge < -0.3 is 14.6 Å². The van der Waals surface area contributed by atoms with E-state index in [1.807, 2.05) is 6.07 Å². The van der Waals surface area contributed by atoms with E-state index in [1.165, 1.54) is 48.5 Å². The molecule has 0 bridgehead atoms. The van der Waals surface area contributed by atoms with Crippen molar-refractivity contribution in [1.82, 2.24) is 19.7 Å². The Morgan fingerprint density at radius 1 is 0.837 bits per heavy atom. The highest BCUT2D eigenvalue weighted by Gasteiger charge is 2.31. The molecule has 7 rings (SSSR count). The maximum Gasteiger partial charge on any atom is 0.416 e. The lowest BCUT2D eigenvalue weighted by Gasteiger charge is -2.13. The summed E-state index contributed by atoms with van der Waals surface area (Å²) < 4.78 is 75.3. The van der Waals surface area contributed by atoms with Gasteiger partial charge in [-0.3, -0.25) is 0 Å². The van der Waals surface area contributed by atoms with Gasteiger partial charge in [-0.05, 0) is 79.6 Å². The fraction of sp³-hybridized carbons (Fsp3) is 0.129. The lowest BCUT2D eigenvalue weighted by Crippen LogP contribution is -2.04. The average Bonchev–Trinajstić information content (AvgIpc) is 3.60. The fourth-order valence-corrected chi connectivity index (χ4v) is 5.53. The van der Waals surface area contributed by atoms with Gasteiger partial charge in [0.2, 0.25) is 5.13 Å². The first-order valence-electron chi connectivity index (χ1n) is 13.2.